The lowest BCUT2D eigenvalue weighted by Gasteiger charge is -2.12. The number of carbonyl (C=O) groups is 1. The van der Waals surface area contributed by atoms with Gasteiger partial charge in [-0.2, -0.15) is 5.26 Å². The van der Waals surface area contributed by atoms with E-state index in [1.165, 1.54) is 16.6 Å². The zero-order valence-electron chi connectivity index (χ0n) is 15.1. The van der Waals surface area contributed by atoms with Gasteiger partial charge in [-0.15, -0.1) is 11.3 Å². The standard InChI is InChI=1S/C20H18N4O2S2/c21-10-5-11-22-16(25)12-27-20-23-18-17(14-8-4-9-15(14)28-18)19(26)24(20)13-6-2-1-3-7-13/h1-3,6-7H,4-5,8-9,11-12H2,(H,22,25). The van der Waals surface area contributed by atoms with Crippen LogP contribution in [0.2, 0.25) is 0 Å². The molecule has 0 fully saturated rings. The average Bonchev–Trinajstić information content (AvgIpc) is 3.28. The molecule has 0 unspecified atom stereocenters. The van der Waals surface area contributed by atoms with Gasteiger partial charge in [-0.1, -0.05) is 30.0 Å². The van der Waals surface area contributed by atoms with Crippen LogP contribution < -0.4 is 10.9 Å². The van der Waals surface area contributed by atoms with Gasteiger partial charge in [0, 0.05) is 11.4 Å². The summed E-state index contributed by atoms with van der Waals surface area (Å²) in [6.45, 7) is 0.325. The van der Waals surface area contributed by atoms with Gasteiger partial charge in [0.2, 0.25) is 5.91 Å². The lowest BCUT2D eigenvalue weighted by molar-refractivity contribution is -0.118. The molecule has 4 rings (SSSR count). The zero-order chi connectivity index (χ0) is 19.5. The number of nitrogens with zero attached hydrogens (tertiary/aromatic N) is 3. The van der Waals surface area contributed by atoms with Crippen LogP contribution in [0.15, 0.2) is 40.3 Å². The van der Waals surface area contributed by atoms with Crippen molar-refractivity contribution in [1.29, 1.82) is 5.26 Å². The topological polar surface area (TPSA) is 87.8 Å². The molecule has 0 aliphatic heterocycles. The van der Waals surface area contributed by atoms with Gasteiger partial charge < -0.3 is 5.32 Å². The Kier molecular flexibility index (Phi) is 5.46. The van der Waals surface area contributed by atoms with Gasteiger partial charge >= 0.3 is 0 Å². The third-order valence-corrected chi connectivity index (χ3v) is 6.74. The molecule has 1 aliphatic rings. The Morgan fingerprint density at radius 3 is 2.93 bits per heavy atom. The molecule has 6 nitrogen and oxygen atoms in total. The third-order valence-electron chi connectivity index (χ3n) is 4.61. The Morgan fingerprint density at radius 1 is 1.32 bits per heavy atom. The fourth-order valence-electron chi connectivity index (χ4n) is 3.37. The van der Waals surface area contributed by atoms with Crippen LogP contribution >= 0.6 is 23.1 Å². The Morgan fingerprint density at radius 2 is 2.14 bits per heavy atom. The van der Waals surface area contributed by atoms with Crippen LogP contribution in [0.25, 0.3) is 15.9 Å². The third kappa shape index (κ3) is 3.55. The molecular formula is C20H18N4O2S2. The number of rotatable bonds is 6. The van der Waals surface area contributed by atoms with Gasteiger partial charge in [0.1, 0.15) is 4.83 Å². The second kappa shape index (κ2) is 8.17. The summed E-state index contributed by atoms with van der Waals surface area (Å²) in [4.78, 5) is 32.2. The molecule has 28 heavy (non-hydrogen) atoms. The fourth-order valence-corrected chi connectivity index (χ4v) is 5.51. The lowest BCUT2D eigenvalue weighted by Crippen LogP contribution is -2.27. The summed E-state index contributed by atoms with van der Waals surface area (Å²) in [5.41, 5.74) is 1.82. The molecule has 1 amide bonds. The number of amides is 1. The molecule has 2 aromatic heterocycles. The van der Waals surface area contributed by atoms with Crippen molar-refractivity contribution >= 4 is 39.2 Å². The summed E-state index contributed by atoms with van der Waals surface area (Å²) >= 11 is 2.84. The summed E-state index contributed by atoms with van der Waals surface area (Å²) in [7, 11) is 0. The van der Waals surface area contributed by atoms with Crippen molar-refractivity contribution in [2.24, 2.45) is 0 Å². The first-order valence-corrected chi connectivity index (χ1v) is 10.9. The van der Waals surface area contributed by atoms with Crippen molar-refractivity contribution in [1.82, 2.24) is 14.9 Å². The average molecular weight is 411 g/mol. The minimum atomic E-state index is -0.178. The van der Waals surface area contributed by atoms with Crippen molar-refractivity contribution in [2.75, 3.05) is 12.3 Å². The molecule has 0 atom stereocenters. The number of hydrogen-bond acceptors (Lipinski definition) is 6. The van der Waals surface area contributed by atoms with E-state index >= 15 is 0 Å². The van der Waals surface area contributed by atoms with E-state index in [1.807, 2.05) is 36.4 Å². The fraction of sp³-hybridized carbons (Fsp3) is 0.300. The Bertz CT molecular complexity index is 1130. The summed E-state index contributed by atoms with van der Waals surface area (Å²) in [5, 5.41) is 12.5. The van der Waals surface area contributed by atoms with Crippen molar-refractivity contribution in [3.63, 3.8) is 0 Å². The number of nitrogens with one attached hydrogen (secondary N) is 1. The molecule has 1 aromatic carbocycles. The van der Waals surface area contributed by atoms with Crippen LogP contribution in [0.1, 0.15) is 23.3 Å². The molecule has 0 spiro atoms. The van der Waals surface area contributed by atoms with Crippen molar-refractivity contribution in [2.45, 2.75) is 30.8 Å². The first-order valence-electron chi connectivity index (χ1n) is 9.08. The molecule has 142 valence electrons. The quantitative estimate of drug-likeness (QED) is 0.383. The van der Waals surface area contributed by atoms with Gasteiger partial charge in [0.15, 0.2) is 5.16 Å². The van der Waals surface area contributed by atoms with Crippen molar-refractivity contribution in [3.05, 3.63) is 51.1 Å². The SMILES string of the molecule is N#CCCNC(=O)CSc1nc2sc3c(c2c(=O)n1-c1ccccc1)CCC3. The number of hydrogen-bond donors (Lipinski definition) is 1. The van der Waals surface area contributed by atoms with E-state index in [9.17, 15) is 9.59 Å². The maximum absolute atomic E-state index is 13.4. The molecular weight excluding hydrogens is 392 g/mol. The summed E-state index contributed by atoms with van der Waals surface area (Å²) < 4.78 is 1.61. The van der Waals surface area contributed by atoms with Gasteiger partial charge in [-0.05, 0) is 37.0 Å². The van der Waals surface area contributed by atoms with Crippen LogP contribution in [0.5, 0.6) is 0 Å². The number of nitriles is 1. The van der Waals surface area contributed by atoms with Gasteiger partial charge in [0.05, 0.1) is 29.3 Å². The number of thioether (sulfide) groups is 1. The molecule has 0 saturated carbocycles. The summed E-state index contributed by atoms with van der Waals surface area (Å²) in [6, 6.07) is 11.4. The first-order chi connectivity index (χ1) is 13.7. The predicted molar refractivity (Wildman–Crippen MR) is 111 cm³/mol. The highest BCUT2D eigenvalue weighted by Gasteiger charge is 2.24. The molecule has 8 heteroatoms. The van der Waals surface area contributed by atoms with E-state index in [4.69, 9.17) is 10.2 Å². The Balaban J connectivity index is 1.74. The van der Waals surface area contributed by atoms with Crippen molar-refractivity contribution in [3.8, 4) is 11.8 Å². The highest BCUT2D eigenvalue weighted by Crippen LogP contribution is 2.36. The van der Waals surface area contributed by atoms with Gasteiger partial charge in [-0.25, -0.2) is 4.98 Å². The number of para-hydroxylation sites is 1. The number of aromatic nitrogens is 2. The van der Waals surface area contributed by atoms with E-state index in [-0.39, 0.29) is 23.6 Å². The Hall–Kier alpha value is -2.63. The minimum Gasteiger partial charge on any atom is -0.354 e. The monoisotopic (exact) mass is 410 g/mol. The highest BCUT2D eigenvalue weighted by atomic mass is 32.2. The van der Waals surface area contributed by atoms with Crippen molar-refractivity contribution < 1.29 is 4.79 Å². The summed E-state index contributed by atoms with van der Waals surface area (Å²) in [6.07, 6.45) is 3.29. The van der Waals surface area contributed by atoms with Crippen LogP contribution in [0.3, 0.4) is 0 Å². The maximum atomic E-state index is 13.4. The van der Waals surface area contributed by atoms with E-state index in [0.717, 1.165) is 40.7 Å². The molecule has 2 heterocycles. The van der Waals surface area contributed by atoms with E-state index in [1.54, 1.807) is 15.9 Å². The van der Waals surface area contributed by atoms with Crippen LogP contribution in [0, 0.1) is 11.3 Å². The first kappa shape index (κ1) is 18.7. The number of fused-ring (bicyclic) bond motifs is 3. The maximum Gasteiger partial charge on any atom is 0.267 e. The molecule has 1 aliphatic carbocycles. The van der Waals surface area contributed by atoms with Gasteiger partial charge in [0.25, 0.3) is 5.56 Å². The molecule has 0 saturated heterocycles. The molecule has 0 bridgehead atoms. The predicted octanol–water partition coefficient (Wildman–Crippen LogP) is 3.06. The lowest BCUT2D eigenvalue weighted by atomic mass is 10.2. The van der Waals surface area contributed by atoms with E-state index < -0.39 is 0 Å². The molecule has 0 radical (unpaired) electrons. The highest BCUT2D eigenvalue weighted by molar-refractivity contribution is 7.99. The molecule has 1 N–H and O–H groups in total. The van der Waals surface area contributed by atoms with Crippen LogP contribution in [-0.4, -0.2) is 27.8 Å². The number of thiophene rings is 1. The number of aryl methyl sites for hydroxylation is 2. The van der Waals surface area contributed by atoms with E-state index in [0.29, 0.717) is 11.7 Å². The van der Waals surface area contributed by atoms with Gasteiger partial charge in [-0.3, -0.25) is 14.2 Å². The second-order valence-electron chi connectivity index (χ2n) is 6.45. The molecule has 3 aromatic rings. The van der Waals surface area contributed by atoms with Crippen LogP contribution in [0.4, 0.5) is 0 Å². The second-order valence-corrected chi connectivity index (χ2v) is 8.48. The van der Waals surface area contributed by atoms with E-state index in [2.05, 4.69) is 5.32 Å². The number of benzene rings is 1. The van der Waals surface area contributed by atoms with Crippen LogP contribution in [-0.2, 0) is 17.6 Å². The Labute approximate surface area is 170 Å². The normalized spacial score (nSPS) is 12.7. The number of carbonyl (C=O) groups excluding carboxylic acids is 1. The zero-order valence-corrected chi connectivity index (χ0v) is 16.7. The summed E-state index contributed by atoms with van der Waals surface area (Å²) in [5.74, 6) is -0.0377. The smallest absolute Gasteiger partial charge is 0.267 e. The largest absolute Gasteiger partial charge is 0.354 e. The minimum absolute atomic E-state index is 0.0667.